The Balaban J connectivity index is 1.59. The van der Waals surface area contributed by atoms with Crippen molar-refractivity contribution in [1.82, 2.24) is 9.44 Å². The zero-order valence-electron chi connectivity index (χ0n) is 41.5. The van der Waals surface area contributed by atoms with Crippen molar-refractivity contribution in [3.8, 4) is 0 Å². The summed E-state index contributed by atoms with van der Waals surface area (Å²) in [4.78, 5) is 37.1. The molecule has 5 heterocycles. The van der Waals surface area contributed by atoms with Gasteiger partial charge in [-0.2, -0.15) is 68.4 Å². The van der Waals surface area contributed by atoms with E-state index in [9.17, 15) is 156 Å². The molecule has 5 rings (SSSR count). The fourth-order valence-electron chi connectivity index (χ4n) is 8.56. The van der Waals surface area contributed by atoms with E-state index in [2.05, 4.69) is 25.7 Å². The molecule has 0 aromatic rings. The zero-order valence-corrected chi connectivity index (χ0v) is 47.2. The number of rotatable bonds is 27. The summed E-state index contributed by atoms with van der Waals surface area (Å²) in [5.74, 6) is -7.00. The summed E-state index contributed by atoms with van der Waals surface area (Å²) in [5, 5.41) is 107. The maximum Gasteiger partial charge on any atom is 0.397 e. The Morgan fingerprint density at radius 1 is 0.345 bits per heavy atom. The molecule has 0 aromatic carbocycles. The number of aliphatic hydroxyl groups is 7. The van der Waals surface area contributed by atoms with Crippen LogP contribution >= 0.6 is 0 Å². The minimum atomic E-state index is -6.23. The van der Waals surface area contributed by atoms with E-state index in [1.165, 1.54) is 9.44 Å². The third-order valence-electron chi connectivity index (χ3n) is 11.9. The molecule has 25 atom stereocenters. The fourth-order valence-corrected chi connectivity index (χ4v) is 11.8. The van der Waals surface area contributed by atoms with Gasteiger partial charge in [-0.1, -0.05) is 0 Å². The molecular formula is C30H48N2O48S7. The average molecular weight is 1430 g/mol. The van der Waals surface area contributed by atoms with Gasteiger partial charge < -0.3 is 93.7 Å². The zero-order chi connectivity index (χ0) is 66.4. The molecule has 0 spiro atoms. The van der Waals surface area contributed by atoms with Crippen molar-refractivity contribution in [2.75, 3.05) is 13.2 Å². The van der Waals surface area contributed by atoms with Gasteiger partial charge in [-0.15, -0.1) is 0 Å². The Labute approximate surface area is 484 Å². The van der Waals surface area contributed by atoms with Crippen molar-refractivity contribution >= 4 is 90.5 Å². The number of aliphatic carboxylic acids is 3. The van der Waals surface area contributed by atoms with Crippen LogP contribution in [-0.4, -0.2) is 326 Å². The van der Waals surface area contributed by atoms with E-state index < -0.39 is 257 Å². The molecule has 5 saturated heterocycles. The number of carboxylic acid groups (broad SMARTS) is 3. The van der Waals surface area contributed by atoms with Crippen LogP contribution in [0.5, 0.6) is 0 Å². The van der Waals surface area contributed by atoms with Gasteiger partial charge in [-0.05, 0) is 0 Å². The Morgan fingerprint density at radius 3 is 0.989 bits per heavy atom. The van der Waals surface area contributed by atoms with Crippen molar-refractivity contribution < 1.29 is 220 Å². The lowest BCUT2D eigenvalue weighted by Crippen LogP contribution is -2.71. The predicted octanol–water partition coefficient (Wildman–Crippen LogP) is -13.7. The smallest absolute Gasteiger partial charge is 0.397 e. The summed E-state index contributed by atoms with van der Waals surface area (Å²) in [6.07, 6.45) is -67.9. The number of hydrogen-bond acceptors (Lipinski definition) is 38. The van der Waals surface area contributed by atoms with Gasteiger partial charge in [-0.3, -0.25) is 31.9 Å². The van der Waals surface area contributed by atoms with Crippen LogP contribution in [0, 0.1) is 0 Å². The Morgan fingerprint density at radius 2 is 0.655 bits per heavy atom. The van der Waals surface area contributed by atoms with Crippen LogP contribution in [0.15, 0.2) is 0 Å². The first-order valence-electron chi connectivity index (χ1n) is 22.4. The van der Waals surface area contributed by atoms with E-state index in [1.807, 2.05) is 0 Å². The first-order valence-corrected chi connectivity index (χ1v) is 32.1. The lowest BCUT2D eigenvalue weighted by atomic mass is 9.94. The Kier molecular flexibility index (Phi) is 24.0. The third-order valence-corrected chi connectivity index (χ3v) is 15.3. The molecule has 5 aliphatic heterocycles. The molecular weight excluding hydrogens is 1380 g/mol. The van der Waals surface area contributed by atoms with E-state index >= 15 is 0 Å². The molecule has 0 bridgehead atoms. The number of hydrogen-bond donors (Lipinski definition) is 19. The first-order chi connectivity index (χ1) is 39.4. The second kappa shape index (κ2) is 28.0. The minimum Gasteiger partial charge on any atom is -0.479 e. The number of nitrogens with one attached hydrogen (secondary N) is 2. The lowest BCUT2D eigenvalue weighted by Gasteiger charge is -2.50. The second-order valence-corrected chi connectivity index (χ2v) is 25.6. The molecule has 50 nitrogen and oxygen atoms in total. The SMILES string of the molecule is O=C(O)[C@@H]1O[C@@H](O[C@H]2[C@H](O)[C@@H](NS(=O)(=O)O)[C@@H](O[C@H]3[C@H](O)[C@@H](OS(=O)(=O)O)[C@H](O[C@H]4[C@H](O)[C@@H](NS(=O)(=O)O)[C@@H](O[C@@H]5[C@H](O)[C@@H](OS(=O)(=O)O)[C@H](O)O[C@H]5C(=O)O)O[C@@H]4COS(=O)(=O)O)O[C@H]3C(=O)O)O[C@@H]2COS(=O)(=O)O)[C@H](OS(=O)(=O)O)[C@@H](O)[C@@H]1O. The largest absolute Gasteiger partial charge is 0.479 e. The molecule has 19 N–H and O–H groups in total. The van der Waals surface area contributed by atoms with Crippen LogP contribution in [0.1, 0.15) is 0 Å². The van der Waals surface area contributed by atoms with Crippen molar-refractivity contribution in [1.29, 1.82) is 0 Å². The maximum absolute atomic E-state index is 13.0. The number of carbonyl (C=O) groups is 3. The standard InChI is InChI=1S/C30H48N2O48S7/c33-7-6(32-82(49,50)51)28(70-3(1-67-83(52,53)54)13(7)72-29-19(79-86(61,62)63)10(36)9(35)17(76-29)23(39)40)75-16-12(38)20(80-87(64,65)66)30(77-22(16)25(43)44)73-14-4(2-68-84(55,56)57)69-27(5(8(14)34)31-81(46,47)48)74-15-11(37)18(78-85(58,59)60)26(45)71-21(15)24(41)42/h3-22,26-38,45H,1-2H2,(H,39,40)(H,41,42)(H,43,44)(H,46,47,48)(H,49,50,51)(H,52,53,54)(H,55,56,57)(H,58,59,60)(H,61,62,63)(H,64,65,66)/t3-,4-,5-,6-,7-,8-,9+,10+,11+,12+,13-,14-,15-,16+,17-,18-,19-,20-,21-,22-,26-,27-,28-,29-,30-/m1/s1. The molecule has 0 radical (unpaired) electrons. The van der Waals surface area contributed by atoms with Crippen LogP contribution in [-0.2, 0) is 151 Å². The molecule has 5 fully saturated rings. The molecule has 0 saturated carbocycles. The van der Waals surface area contributed by atoms with Crippen LogP contribution in [0.2, 0.25) is 0 Å². The highest BCUT2D eigenvalue weighted by molar-refractivity contribution is 7.84. The van der Waals surface area contributed by atoms with Gasteiger partial charge in [0.1, 0.15) is 85.3 Å². The van der Waals surface area contributed by atoms with E-state index in [-0.39, 0.29) is 0 Å². The number of ether oxygens (including phenoxy) is 9. The van der Waals surface area contributed by atoms with Gasteiger partial charge in [0.25, 0.3) is 0 Å². The quantitative estimate of drug-likeness (QED) is 0.0340. The van der Waals surface area contributed by atoms with Gasteiger partial charge in [0.15, 0.2) is 68.1 Å². The maximum atomic E-state index is 13.0. The van der Waals surface area contributed by atoms with Gasteiger partial charge in [0.2, 0.25) is 0 Å². The topological polar surface area (TPSA) is 787 Å². The molecule has 0 amide bonds. The van der Waals surface area contributed by atoms with Crippen LogP contribution in [0.25, 0.3) is 0 Å². The fraction of sp³-hybridized carbons (Fsp3) is 0.900. The number of carboxylic acids is 3. The molecule has 0 aromatic heterocycles. The molecule has 508 valence electrons. The van der Waals surface area contributed by atoms with E-state index in [0.717, 1.165) is 0 Å². The Bertz CT molecular complexity index is 3280. The summed E-state index contributed by atoms with van der Waals surface area (Å²) in [5.41, 5.74) is 0. The summed E-state index contributed by atoms with van der Waals surface area (Å²) in [6, 6.07) is -5.91. The van der Waals surface area contributed by atoms with Crippen molar-refractivity contribution in [3.63, 3.8) is 0 Å². The summed E-state index contributed by atoms with van der Waals surface area (Å²) >= 11 is 0. The summed E-state index contributed by atoms with van der Waals surface area (Å²) in [7, 11) is -41.2. The molecule has 0 aliphatic carbocycles. The monoisotopic (exact) mass is 1430 g/mol. The number of aliphatic hydroxyl groups excluding tert-OH is 7. The second-order valence-electron chi connectivity index (χ2n) is 17.9. The summed E-state index contributed by atoms with van der Waals surface area (Å²) in [6.45, 7) is -3.71. The van der Waals surface area contributed by atoms with Gasteiger partial charge in [0.05, 0.1) is 13.2 Å². The van der Waals surface area contributed by atoms with Crippen molar-refractivity contribution in [2.24, 2.45) is 0 Å². The molecule has 0 unspecified atom stereocenters. The summed E-state index contributed by atoms with van der Waals surface area (Å²) < 4.78 is 305. The predicted molar refractivity (Wildman–Crippen MR) is 245 cm³/mol. The normalized spacial score (nSPS) is 39.6. The van der Waals surface area contributed by atoms with Crippen molar-refractivity contribution in [2.45, 2.75) is 153 Å². The first kappa shape index (κ1) is 74.6. The van der Waals surface area contributed by atoms with Crippen molar-refractivity contribution in [3.05, 3.63) is 0 Å². The highest BCUT2D eigenvalue weighted by atomic mass is 32.3. The van der Waals surface area contributed by atoms with Crippen LogP contribution < -0.4 is 9.44 Å². The van der Waals surface area contributed by atoms with Crippen LogP contribution in [0.4, 0.5) is 0 Å². The van der Waals surface area contributed by atoms with Crippen LogP contribution in [0.3, 0.4) is 0 Å². The van der Waals surface area contributed by atoms with Gasteiger partial charge in [0, 0.05) is 0 Å². The van der Waals surface area contributed by atoms with E-state index in [0.29, 0.717) is 0 Å². The van der Waals surface area contributed by atoms with Gasteiger partial charge >= 0.3 is 90.5 Å². The van der Waals surface area contributed by atoms with E-state index in [4.69, 9.17) is 37.9 Å². The highest BCUT2D eigenvalue weighted by Crippen LogP contribution is 2.38. The lowest BCUT2D eigenvalue weighted by molar-refractivity contribution is -0.372. The molecule has 5 aliphatic rings. The molecule has 87 heavy (non-hydrogen) atoms. The van der Waals surface area contributed by atoms with Gasteiger partial charge in [-0.25, -0.2) is 35.3 Å². The molecule has 57 heteroatoms. The Hall–Kier alpha value is -3.14. The van der Waals surface area contributed by atoms with E-state index in [1.54, 1.807) is 0 Å². The highest BCUT2D eigenvalue weighted by Gasteiger charge is 2.61. The third kappa shape index (κ3) is 20.7. The average Bonchev–Trinajstić information content (AvgIpc) is 0.897. The minimum absolute atomic E-state index is 1.17.